The van der Waals surface area contributed by atoms with Gasteiger partial charge in [-0.25, -0.2) is 0 Å². The molecule has 0 aliphatic rings. The van der Waals surface area contributed by atoms with Crippen LogP contribution < -0.4 is 9.74 Å². The van der Waals surface area contributed by atoms with Gasteiger partial charge >= 0.3 is 11.6 Å². The van der Waals surface area contributed by atoms with Crippen LogP contribution in [-0.4, -0.2) is 42.2 Å². The molecule has 1 N–H and O–H groups in total. The standard InChI is InChI=1S/C15H20N4O3/c1-10(17(3)4)9-16-15(20)14-11(2)18(21)12-7-5-6-8-13(12)19(14)22/h5-8,10H,9H2,1-4H3,(H,16,20). The van der Waals surface area contributed by atoms with E-state index in [4.69, 9.17) is 0 Å². The van der Waals surface area contributed by atoms with Crippen molar-refractivity contribution in [3.63, 3.8) is 0 Å². The molecule has 0 aliphatic carbocycles. The molecule has 0 fully saturated rings. The summed E-state index contributed by atoms with van der Waals surface area (Å²) < 4.78 is 1.14. The van der Waals surface area contributed by atoms with Crippen molar-refractivity contribution < 1.29 is 9.22 Å². The third kappa shape index (κ3) is 2.80. The van der Waals surface area contributed by atoms with Crippen molar-refractivity contribution in [3.05, 3.63) is 45.8 Å². The van der Waals surface area contributed by atoms with E-state index in [1.165, 1.54) is 13.0 Å². The lowest BCUT2D eigenvalue weighted by Gasteiger charge is -2.20. The predicted molar refractivity (Wildman–Crippen MR) is 84.3 cm³/mol. The van der Waals surface area contributed by atoms with E-state index in [9.17, 15) is 14.9 Å². The van der Waals surface area contributed by atoms with Crippen LogP contribution >= 0.6 is 0 Å². The summed E-state index contributed by atoms with van der Waals surface area (Å²) in [6.07, 6.45) is 0. The van der Waals surface area contributed by atoms with Gasteiger partial charge in [0.05, 0.1) is 10.1 Å². The second-order valence-electron chi connectivity index (χ2n) is 5.53. The van der Waals surface area contributed by atoms with E-state index in [2.05, 4.69) is 5.32 Å². The summed E-state index contributed by atoms with van der Waals surface area (Å²) in [5, 5.41) is 14.9. The fourth-order valence-electron chi connectivity index (χ4n) is 2.12. The van der Waals surface area contributed by atoms with Gasteiger partial charge < -0.3 is 20.2 Å². The molecule has 1 amide bonds. The molecule has 0 aliphatic heterocycles. The molecule has 118 valence electrons. The molecule has 1 atom stereocenters. The maximum absolute atomic E-state index is 12.4. The van der Waals surface area contributed by atoms with Crippen LogP contribution in [0.3, 0.4) is 0 Å². The minimum absolute atomic E-state index is 0.0868. The van der Waals surface area contributed by atoms with Crippen LogP contribution in [-0.2, 0) is 0 Å². The van der Waals surface area contributed by atoms with Crippen molar-refractivity contribution in [2.24, 2.45) is 0 Å². The zero-order valence-electron chi connectivity index (χ0n) is 13.2. The number of nitrogens with one attached hydrogen (secondary N) is 1. The highest BCUT2D eigenvalue weighted by molar-refractivity contribution is 5.93. The Morgan fingerprint density at radius 3 is 2.68 bits per heavy atom. The molecular weight excluding hydrogens is 284 g/mol. The number of nitrogens with zero attached hydrogens (tertiary/aromatic N) is 3. The Morgan fingerprint density at radius 2 is 2.05 bits per heavy atom. The molecule has 1 unspecified atom stereocenters. The van der Waals surface area contributed by atoms with Gasteiger partial charge in [0.1, 0.15) is 5.52 Å². The molecule has 7 nitrogen and oxygen atoms in total. The van der Waals surface area contributed by atoms with E-state index in [-0.39, 0.29) is 28.5 Å². The average molecular weight is 304 g/mol. The van der Waals surface area contributed by atoms with Gasteiger partial charge in [-0.05, 0) is 34.0 Å². The molecule has 22 heavy (non-hydrogen) atoms. The van der Waals surface area contributed by atoms with E-state index >= 15 is 0 Å². The van der Waals surface area contributed by atoms with Crippen molar-refractivity contribution in [1.82, 2.24) is 14.9 Å². The molecule has 1 aromatic heterocycles. The van der Waals surface area contributed by atoms with Crippen LogP contribution in [0.4, 0.5) is 0 Å². The van der Waals surface area contributed by atoms with E-state index in [1.807, 2.05) is 25.9 Å². The fourth-order valence-corrected chi connectivity index (χ4v) is 2.12. The molecule has 1 heterocycles. The van der Waals surface area contributed by atoms with Gasteiger partial charge in [0.15, 0.2) is 0 Å². The van der Waals surface area contributed by atoms with Crippen molar-refractivity contribution in [1.29, 1.82) is 0 Å². The minimum atomic E-state index is -0.545. The van der Waals surface area contributed by atoms with E-state index in [0.29, 0.717) is 15.7 Å². The summed E-state index contributed by atoms with van der Waals surface area (Å²) >= 11 is 0. The molecule has 2 aromatic rings. The van der Waals surface area contributed by atoms with Gasteiger partial charge in [0, 0.05) is 23.6 Å². The largest absolute Gasteiger partial charge is 0.805 e. The first kappa shape index (κ1) is 16.0. The van der Waals surface area contributed by atoms with Crippen LogP contribution in [0.5, 0.6) is 0 Å². The zero-order chi connectivity index (χ0) is 16.4. The van der Waals surface area contributed by atoms with Crippen LogP contribution in [0.1, 0.15) is 23.1 Å². The molecule has 0 radical (unpaired) electrons. The van der Waals surface area contributed by atoms with Crippen molar-refractivity contribution in [3.8, 4) is 0 Å². The topological polar surface area (TPSA) is 83.3 Å². The van der Waals surface area contributed by atoms with E-state index < -0.39 is 5.91 Å². The number of aromatic nitrogens is 2. The Bertz CT molecular complexity index is 767. The Kier molecular flexibility index (Phi) is 4.46. The first-order valence-electron chi connectivity index (χ1n) is 7.03. The lowest BCUT2D eigenvalue weighted by molar-refractivity contribution is -0.468. The number of hydrogen-bond acceptors (Lipinski definition) is 4. The lowest BCUT2D eigenvalue weighted by atomic mass is 10.2. The molecule has 2 rings (SSSR count). The monoisotopic (exact) mass is 304 g/mol. The molecule has 0 bridgehead atoms. The number of rotatable bonds is 4. The van der Waals surface area contributed by atoms with Crippen molar-refractivity contribution in [2.75, 3.05) is 20.6 Å². The Morgan fingerprint density at radius 1 is 1.41 bits per heavy atom. The van der Waals surface area contributed by atoms with Gasteiger partial charge in [-0.15, -0.1) is 0 Å². The highest BCUT2D eigenvalue weighted by Crippen LogP contribution is 2.13. The Labute approximate surface area is 128 Å². The van der Waals surface area contributed by atoms with Crippen LogP contribution in [0.2, 0.25) is 0 Å². The number of para-hydroxylation sites is 2. The summed E-state index contributed by atoms with van der Waals surface area (Å²) in [7, 11) is 3.80. The van der Waals surface area contributed by atoms with Gasteiger partial charge in [0.2, 0.25) is 0 Å². The Balaban J connectivity index is 2.43. The normalized spacial score (nSPS) is 12.6. The molecule has 7 heteroatoms. The van der Waals surface area contributed by atoms with E-state index in [1.54, 1.807) is 18.2 Å². The third-order valence-electron chi connectivity index (χ3n) is 3.82. The number of carbonyl (C=O) groups excluding carboxylic acids is 1. The maximum Gasteiger partial charge on any atom is 0.346 e. The lowest BCUT2D eigenvalue weighted by Crippen LogP contribution is -2.42. The van der Waals surface area contributed by atoms with Gasteiger partial charge in [-0.3, -0.25) is 4.79 Å². The highest BCUT2D eigenvalue weighted by Gasteiger charge is 2.26. The fraction of sp³-hybridized carbons (Fsp3) is 0.400. The summed E-state index contributed by atoms with van der Waals surface area (Å²) in [4.78, 5) is 26.7. The minimum Gasteiger partial charge on any atom is -0.805 e. The first-order chi connectivity index (χ1) is 10.3. The number of hydrogen-bond donors (Lipinski definition) is 1. The van der Waals surface area contributed by atoms with Gasteiger partial charge in [-0.1, -0.05) is 12.1 Å². The van der Waals surface area contributed by atoms with Crippen molar-refractivity contribution >= 4 is 16.9 Å². The molecule has 1 aromatic carbocycles. The number of fused-ring (bicyclic) bond motifs is 1. The summed E-state index contributed by atoms with van der Waals surface area (Å²) in [6, 6.07) is 6.52. The molecule has 0 saturated carbocycles. The van der Waals surface area contributed by atoms with Crippen LogP contribution in [0.15, 0.2) is 24.3 Å². The predicted octanol–water partition coefficient (Wildman–Crippen LogP) is 0.890. The van der Waals surface area contributed by atoms with Gasteiger partial charge in [-0.2, -0.15) is 0 Å². The summed E-state index contributed by atoms with van der Waals surface area (Å²) in [6.45, 7) is 3.81. The number of likely N-dealkylation sites (N-methyl/N-ethyl adjacent to an activating group) is 1. The number of carbonyl (C=O) groups is 1. The highest BCUT2D eigenvalue weighted by atomic mass is 16.5. The molecular formula is C15H20N4O3. The zero-order valence-corrected chi connectivity index (χ0v) is 13.2. The average Bonchev–Trinajstić information content (AvgIpc) is 2.50. The molecule has 0 spiro atoms. The molecule has 0 saturated heterocycles. The second-order valence-corrected chi connectivity index (χ2v) is 5.53. The number of benzene rings is 1. The second kappa shape index (κ2) is 6.15. The smallest absolute Gasteiger partial charge is 0.346 e. The van der Waals surface area contributed by atoms with Crippen LogP contribution in [0, 0.1) is 17.0 Å². The van der Waals surface area contributed by atoms with E-state index in [0.717, 1.165) is 0 Å². The van der Waals surface area contributed by atoms with Crippen LogP contribution in [0.25, 0.3) is 11.0 Å². The number of amides is 1. The van der Waals surface area contributed by atoms with Gasteiger partial charge in [0.25, 0.3) is 5.52 Å². The third-order valence-corrected chi connectivity index (χ3v) is 3.82. The Hall–Kier alpha value is -2.41. The van der Waals surface area contributed by atoms with Crippen molar-refractivity contribution in [2.45, 2.75) is 19.9 Å². The quantitative estimate of drug-likeness (QED) is 0.850. The maximum atomic E-state index is 12.4. The summed E-state index contributed by atoms with van der Waals surface area (Å²) in [5.41, 5.74) is 0.338. The SMILES string of the molecule is Cc1c(C(=O)NCC(C)N(C)C)[n+](=O)c2ccccc2n1[O-]. The first-order valence-corrected chi connectivity index (χ1v) is 7.03. The summed E-state index contributed by atoms with van der Waals surface area (Å²) in [5.74, 6) is -0.545.